The Hall–Kier alpha value is -3.51. The standard InChI is InChI=1S/C25H25FN6O4S/c1-35-22-5-2-17-23(30-22)15(16(26)10-27-17)7-9-31-8-6-14-11-32(25(34)36-18(14)12-31)20-4-3-19-24(28-20)29-21(33)13-37-19/h2-5,10,14,18H,6-9,11-13H2,1H3,(H,28,29,33)/t14-,18?/m0/s1. The van der Waals surface area contributed by atoms with E-state index < -0.39 is 11.9 Å². The molecule has 6 rings (SSSR count). The summed E-state index contributed by atoms with van der Waals surface area (Å²) in [6.45, 7) is 2.48. The van der Waals surface area contributed by atoms with Crippen molar-refractivity contribution in [3.63, 3.8) is 0 Å². The molecule has 0 bridgehead atoms. The second-order valence-corrected chi connectivity index (χ2v) is 10.3. The largest absolute Gasteiger partial charge is 0.481 e. The molecule has 0 spiro atoms. The van der Waals surface area contributed by atoms with Crippen LogP contribution in [0, 0.1) is 11.7 Å². The first kappa shape index (κ1) is 23.9. The molecule has 2 atom stereocenters. The average molecular weight is 525 g/mol. The second kappa shape index (κ2) is 9.75. The van der Waals surface area contributed by atoms with Crippen molar-refractivity contribution in [2.75, 3.05) is 49.3 Å². The van der Waals surface area contributed by atoms with Gasteiger partial charge in [0.25, 0.3) is 0 Å². The Morgan fingerprint density at radius 2 is 2.11 bits per heavy atom. The molecule has 1 unspecified atom stereocenters. The minimum Gasteiger partial charge on any atom is -0.481 e. The van der Waals surface area contributed by atoms with Gasteiger partial charge in [0.05, 0.1) is 35.0 Å². The first-order valence-corrected chi connectivity index (χ1v) is 13.1. The second-order valence-electron chi connectivity index (χ2n) is 9.29. The quantitative estimate of drug-likeness (QED) is 0.538. The molecular formula is C25H25FN6O4S. The maximum absolute atomic E-state index is 14.7. The number of rotatable bonds is 5. The van der Waals surface area contributed by atoms with Gasteiger partial charge in [-0.3, -0.25) is 19.6 Å². The van der Waals surface area contributed by atoms with Crippen LogP contribution in [-0.4, -0.2) is 77.0 Å². The van der Waals surface area contributed by atoms with E-state index in [1.807, 2.05) is 6.07 Å². The van der Waals surface area contributed by atoms with Crippen LogP contribution in [0.1, 0.15) is 12.0 Å². The predicted molar refractivity (Wildman–Crippen MR) is 136 cm³/mol. The molecule has 12 heteroatoms. The van der Waals surface area contributed by atoms with Crippen LogP contribution in [0.5, 0.6) is 5.88 Å². The number of thioether (sulfide) groups is 1. The van der Waals surface area contributed by atoms with Crippen LogP contribution in [0.2, 0.25) is 0 Å². The summed E-state index contributed by atoms with van der Waals surface area (Å²) in [6, 6.07) is 7.14. The van der Waals surface area contributed by atoms with Crippen molar-refractivity contribution in [2.24, 2.45) is 5.92 Å². The zero-order valence-electron chi connectivity index (χ0n) is 20.1. The Labute approximate surface area is 216 Å². The van der Waals surface area contributed by atoms with Gasteiger partial charge < -0.3 is 14.8 Å². The van der Waals surface area contributed by atoms with E-state index in [1.165, 1.54) is 25.1 Å². The number of pyridine rings is 3. The first-order valence-electron chi connectivity index (χ1n) is 12.1. The molecule has 2 fully saturated rings. The van der Waals surface area contributed by atoms with Crippen LogP contribution in [0.4, 0.5) is 20.8 Å². The third-order valence-corrected chi connectivity index (χ3v) is 8.08. The van der Waals surface area contributed by atoms with Gasteiger partial charge in [-0.25, -0.2) is 19.2 Å². The number of ether oxygens (including phenoxy) is 2. The number of carbonyl (C=O) groups is 2. The molecule has 1 N–H and O–H groups in total. The van der Waals surface area contributed by atoms with Crippen molar-refractivity contribution < 1.29 is 23.5 Å². The number of piperidine rings is 1. The Balaban J connectivity index is 1.12. The Morgan fingerprint density at radius 1 is 1.22 bits per heavy atom. The summed E-state index contributed by atoms with van der Waals surface area (Å²) in [4.78, 5) is 42.3. The number of nitrogens with zero attached hydrogens (tertiary/aromatic N) is 5. The molecule has 10 nitrogen and oxygen atoms in total. The third-order valence-electron chi connectivity index (χ3n) is 7.03. The number of hydrogen-bond donors (Lipinski definition) is 1. The van der Waals surface area contributed by atoms with Crippen LogP contribution >= 0.6 is 11.8 Å². The topological polar surface area (TPSA) is 110 Å². The molecule has 0 radical (unpaired) electrons. The van der Waals surface area contributed by atoms with E-state index in [0.29, 0.717) is 65.9 Å². The molecule has 37 heavy (non-hydrogen) atoms. The normalized spacial score (nSPS) is 21.7. The Bertz CT molecular complexity index is 1390. The number of anilines is 2. The summed E-state index contributed by atoms with van der Waals surface area (Å²) < 4.78 is 25.7. The zero-order chi connectivity index (χ0) is 25.5. The van der Waals surface area contributed by atoms with Gasteiger partial charge in [-0.05, 0) is 37.6 Å². The summed E-state index contributed by atoms with van der Waals surface area (Å²) in [6.07, 6.45) is 1.81. The van der Waals surface area contributed by atoms with E-state index in [2.05, 4.69) is 25.2 Å². The van der Waals surface area contributed by atoms with Gasteiger partial charge in [0, 0.05) is 37.2 Å². The third kappa shape index (κ3) is 4.66. The smallest absolute Gasteiger partial charge is 0.415 e. The van der Waals surface area contributed by atoms with Gasteiger partial charge in [0.1, 0.15) is 23.6 Å². The van der Waals surface area contributed by atoms with E-state index in [0.717, 1.165) is 17.9 Å². The van der Waals surface area contributed by atoms with Gasteiger partial charge in [-0.1, -0.05) is 0 Å². The lowest BCUT2D eigenvalue weighted by atomic mass is 9.91. The molecule has 0 saturated carbocycles. The van der Waals surface area contributed by atoms with Crippen molar-refractivity contribution in [3.05, 3.63) is 41.8 Å². The number of fused-ring (bicyclic) bond motifs is 3. The number of nitrogens with one attached hydrogen (secondary N) is 1. The molecule has 0 aromatic carbocycles. The summed E-state index contributed by atoms with van der Waals surface area (Å²) >= 11 is 1.43. The maximum atomic E-state index is 14.7. The fraction of sp³-hybridized carbons (Fsp3) is 0.400. The van der Waals surface area contributed by atoms with Crippen LogP contribution < -0.4 is 15.0 Å². The molecule has 3 aromatic rings. The number of methoxy groups -OCH3 is 1. The maximum Gasteiger partial charge on any atom is 0.415 e. The molecule has 2 amide bonds. The number of amides is 2. The highest BCUT2D eigenvalue weighted by molar-refractivity contribution is 8.00. The average Bonchev–Trinajstić information content (AvgIpc) is 2.91. The molecule has 192 valence electrons. The van der Waals surface area contributed by atoms with Gasteiger partial charge in [-0.2, -0.15) is 0 Å². The van der Waals surface area contributed by atoms with Crippen molar-refractivity contribution in [1.82, 2.24) is 19.9 Å². The molecule has 0 aliphatic carbocycles. The lowest BCUT2D eigenvalue weighted by Crippen LogP contribution is -2.56. The van der Waals surface area contributed by atoms with Gasteiger partial charge in [0.15, 0.2) is 0 Å². The zero-order valence-corrected chi connectivity index (χ0v) is 21.0. The number of likely N-dealkylation sites (tertiary alicyclic amines) is 1. The van der Waals surface area contributed by atoms with Crippen molar-refractivity contribution >= 4 is 46.4 Å². The van der Waals surface area contributed by atoms with E-state index in [4.69, 9.17) is 9.47 Å². The van der Waals surface area contributed by atoms with Crippen LogP contribution in [0.3, 0.4) is 0 Å². The lowest BCUT2D eigenvalue weighted by molar-refractivity contribution is -0.113. The molecule has 3 aromatic heterocycles. The molecular weight excluding hydrogens is 499 g/mol. The molecule has 3 aliphatic rings. The van der Waals surface area contributed by atoms with Crippen LogP contribution in [0.15, 0.2) is 35.4 Å². The van der Waals surface area contributed by atoms with Crippen molar-refractivity contribution in [3.8, 4) is 5.88 Å². The summed E-state index contributed by atoms with van der Waals surface area (Å²) in [5, 5.41) is 2.77. The Morgan fingerprint density at radius 3 is 2.97 bits per heavy atom. The summed E-state index contributed by atoms with van der Waals surface area (Å²) in [5.41, 5.74) is 1.62. The highest BCUT2D eigenvalue weighted by Gasteiger charge is 2.40. The Kier molecular flexibility index (Phi) is 6.29. The number of aromatic nitrogens is 3. The number of carbonyl (C=O) groups excluding carboxylic acids is 2. The highest BCUT2D eigenvalue weighted by Crippen LogP contribution is 2.34. The lowest BCUT2D eigenvalue weighted by Gasteiger charge is -2.43. The molecule has 3 aliphatic heterocycles. The van der Waals surface area contributed by atoms with Gasteiger partial charge in [-0.15, -0.1) is 11.8 Å². The van der Waals surface area contributed by atoms with Gasteiger partial charge in [0.2, 0.25) is 11.8 Å². The minimum absolute atomic E-state index is 0.106. The predicted octanol–water partition coefficient (Wildman–Crippen LogP) is 3.11. The summed E-state index contributed by atoms with van der Waals surface area (Å²) in [5.74, 6) is 1.37. The van der Waals surface area contributed by atoms with E-state index in [1.54, 1.807) is 23.1 Å². The van der Waals surface area contributed by atoms with E-state index in [9.17, 15) is 14.0 Å². The van der Waals surface area contributed by atoms with E-state index >= 15 is 0 Å². The van der Waals surface area contributed by atoms with Crippen molar-refractivity contribution in [1.29, 1.82) is 0 Å². The van der Waals surface area contributed by atoms with Crippen LogP contribution in [0.25, 0.3) is 11.0 Å². The van der Waals surface area contributed by atoms with Crippen LogP contribution in [-0.2, 0) is 16.0 Å². The minimum atomic E-state index is -0.451. The van der Waals surface area contributed by atoms with Gasteiger partial charge >= 0.3 is 6.09 Å². The monoisotopic (exact) mass is 524 g/mol. The number of hydrogen-bond acceptors (Lipinski definition) is 9. The number of halogens is 1. The fourth-order valence-corrected chi connectivity index (χ4v) is 5.82. The first-order chi connectivity index (χ1) is 18.0. The highest BCUT2D eigenvalue weighted by atomic mass is 32.2. The summed E-state index contributed by atoms with van der Waals surface area (Å²) in [7, 11) is 1.52. The molecule has 6 heterocycles. The van der Waals surface area contributed by atoms with Crippen molar-refractivity contribution in [2.45, 2.75) is 23.8 Å². The van der Waals surface area contributed by atoms with E-state index in [-0.39, 0.29) is 17.9 Å². The molecule has 2 saturated heterocycles. The fourth-order valence-electron chi connectivity index (χ4n) is 5.07. The SMILES string of the molecule is COc1ccc2ncc(F)c(CCN3CC[C@H]4CN(c5ccc6c(n5)NC(=O)CS6)C(=O)OC4C3)c2n1.